The van der Waals surface area contributed by atoms with Gasteiger partial charge in [-0.05, 0) is 37.8 Å². The minimum atomic E-state index is -0.761. The number of amides is 1. The maximum Gasteiger partial charge on any atom is 0.325 e. The average Bonchev–Trinajstić information content (AvgIpc) is 3.20. The van der Waals surface area contributed by atoms with Gasteiger partial charge in [-0.3, -0.25) is 19.7 Å². The van der Waals surface area contributed by atoms with Crippen LogP contribution in [0.5, 0.6) is 0 Å². The molecule has 200 valence electrons. The number of aliphatic carboxylic acids is 1. The third-order valence-corrected chi connectivity index (χ3v) is 7.88. The summed E-state index contributed by atoms with van der Waals surface area (Å²) >= 11 is 1.63. The highest BCUT2D eigenvalue weighted by Gasteiger charge is 2.46. The minimum absolute atomic E-state index is 0.00927. The van der Waals surface area contributed by atoms with Crippen molar-refractivity contribution in [3.8, 4) is 0 Å². The summed E-state index contributed by atoms with van der Waals surface area (Å²) in [6.45, 7) is 4.46. The highest BCUT2D eigenvalue weighted by atomic mass is 32.2. The molecule has 0 spiro atoms. The summed E-state index contributed by atoms with van der Waals surface area (Å²) in [5, 5.41) is 14.9. The van der Waals surface area contributed by atoms with Gasteiger partial charge in [0.1, 0.15) is 6.04 Å². The number of rotatable bonds is 14. The van der Waals surface area contributed by atoms with Gasteiger partial charge >= 0.3 is 11.9 Å². The predicted octanol–water partition coefficient (Wildman–Crippen LogP) is 5.06. The Morgan fingerprint density at radius 1 is 0.919 bits per heavy atom. The average molecular weight is 527 g/mol. The zero-order valence-corrected chi connectivity index (χ0v) is 22.5. The molecule has 2 atom stereocenters. The fraction of sp³-hybridized carbons (Fsp3) is 0.483. The van der Waals surface area contributed by atoms with Crippen molar-refractivity contribution in [2.75, 3.05) is 6.54 Å². The Balaban J connectivity index is 1.48. The molecule has 0 aliphatic carbocycles. The van der Waals surface area contributed by atoms with Crippen LogP contribution < -0.4 is 10.6 Å². The molecule has 1 amide bonds. The van der Waals surface area contributed by atoms with E-state index in [2.05, 4.69) is 10.6 Å². The molecule has 3 rings (SSSR count). The van der Waals surface area contributed by atoms with Crippen molar-refractivity contribution < 1.29 is 24.2 Å². The lowest BCUT2D eigenvalue weighted by atomic mass is 10.00. The third-order valence-electron chi connectivity index (χ3n) is 6.45. The Morgan fingerprint density at radius 2 is 1.46 bits per heavy atom. The Labute approximate surface area is 223 Å². The van der Waals surface area contributed by atoms with E-state index in [4.69, 9.17) is 9.84 Å². The van der Waals surface area contributed by atoms with E-state index in [1.54, 1.807) is 11.8 Å². The molecule has 0 radical (unpaired) electrons. The SMILES string of the molecule is CC1(C)S[C@H](CNC(=O)CCCCCCCC(=O)O)N[C@H]1C(=O)OC(c1ccccc1)c1ccccc1. The second-order valence-corrected chi connectivity index (χ2v) is 11.8. The molecule has 7 nitrogen and oxygen atoms in total. The number of hydrogen-bond acceptors (Lipinski definition) is 6. The maximum absolute atomic E-state index is 13.4. The molecule has 0 aromatic heterocycles. The number of benzene rings is 2. The summed E-state index contributed by atoms with van der Waals surface area (Å²) in [6, 6.07) is 18.9. The molecule has 0 unspecified atom stereocenters. The minimum Gasteiger partial charge on any atom is -0.481 e. The van der Waals surface area contributed by atoms with Crippen molar-refractivity contribution >= 4 is 29.6 Å². The number of esters is 1. The summed E-state index contributed by atoms with van der Waals surface area (Å²) < 4.78 is 5.69. The smallest absolute Gasteiger partial charge is 0.325 e. The standard InChI is InChI=1S/C29H38N2O5S/c1-29(2)27(28(35)36-26(21-14-8-6-9-15-21)22-16-10-7-11-17-22)31-24(37-29)20-30-23(32)18-12-4-3-5-13-19-25(33)34/h6-11,14-17,24,26-27,31H,3-5,12-13,18-20H2,1-2H3,(H,30,32)(H,33,34)/t24-,27+/m1/s1. The van der Waals surface area contributed by atoms with Gasteiger partial charge in [0.05, 0.1) is 5.37 Å². The molecule has 1 heterocycles. The van der Waals surface area contributed by atoms with Crippen molar-refractivity contribution in [1.29, 1.82) is 0 Å². The summed E-state index contributed by atoms with van der Waals surface area (Å²) in [4.78, 5) is 36.2. The van der Waals surface area contributed by atoms with Gasteiger partial charge in [0, 0.05) is 24.1 Å². The number of carboxylic acids is 1. The van der Waals surface area contributed by atoms with Crippen LogP contribution >= 0.6 is 11.8 Å². The van der Waals surface area contributed by atoms with Gasteiger partial charge in [-0.25, -0.2) is 0 Å². The van der Waals surface area contributed by atoms with E-state index in [0.717, 1.165) is 36.8 Å². The molecule has 0 bridgehead atoms. The summed E-state index contributed by atoms with van der Waals surface area (Å²) in [5.41, 5.74) is 1.83. The van der Waals surface area contributed by atoms with Gasteiger partial charge in [0.15, 0.2) is 6.10 Å². The van der Waals surface area contributed by atoms with Crippen LogP contribution in [0.15, 0.2) is 60.7 Å². The van der Waals surface area contributed by atoms with Crippen LogP contribution in [0.2, 0.25) is 0 Å². The van der Waals surface area contributed by atoms with Gasteiger partial charge in [0.25, 0.3) is 0 Å². The first-order valence-corrected chi connectivity index (χ1v) is 13.9. The topological polar surface area (TPSA) is 105 Å². The van der Waals surface area contributed by atoms with Crippen molar-refractivity contribution in [2.45, 2.75) is 81.1 Å². The second-order valence-electron chi connectivity index (χ2n) is 9.91. The van der Waals surface area contributed by atoms with E-state index in [9.17, 15) is 14.4 Å². The van der Waals surface area contributed by atoms with Gasteiger partial charge in [-0.2, -0.15) is 0 Å². The van der Waals surface area contributed by atoms with Crippen molar-refractivity contribution in [1.82, 2.24) is 10.6 Å². The number of carbonyl (C=O) groups is 3. The van der Waals surface area contributed by atoms with Gasteiger partial charge in [-0.15, -0.1) is 11.8 Å². The first-order valence-electron chi connectivity index (χ1n) is 13.0. The van der Waals surface area contributed by atoms with Crippen molar-refractivity contribution in [3.63, 3.8) is 0 Å². The van der Waals surface area contributed by atoms with Crippen LogP contribution in [0.25, 0.3) is 0 Å². The van der Waals surface area contributed by atoms with Crippen LogP contribution in [-0.2, 0) is 19.1 Å². The molecule has 37 heavy (non-hydrogen) atoms. The molecular weight excluding hydrogens is 488 g/mol. The maximum atomic E-state index is 13.4. The normalized spacial score (nSPS) is 18.5. The van der Waals surface area contributed by atoms with E-state index in [1.807, 2.05) is 74.5 Å². The molecule has 1 aliphatic heterocycles. The lowest BCUT2D eigenvalue weighted by Gasteiger charge is -2.26. The highest BCUT2D eigenvalue weighted by molar-refractivity contribution is 8.01. The first kappa shape index (κ1) is 28.7. The molecule has 0 saturated carbocycles. The molecule has 1 fully saturated rings. The molecule has 2 aromatic rings. The van der Waals surface area contributed by atoms with Crippen LogP contribution in [0, 0.1) is 0 Å². The Morgan fingerprint density at radius 3 is 2.03 bits per heavy atom. The summed E-state index contributed by atoms with van der Waals surface area (Å²) in [5.74, 6) is -1.08. The molecule has 3 N–H and O–H groups in total. The van der Waals surface area contributed by atoms with E-state index in [-0.39, 0.29) is 23.7 Å². The largest absolute Gasteiger partial charge is 0.481 e. The third kappa shape index (κ3) is 9.20. The molecule has 1 saturated heterocycles. The molecule has 8 heteroatoms. The van der Waals surface area contributed by atoms with E-state index >= 15 is 0 Å². The van der Waals surface area contributed by atoms with Crippen LogP contribution in [0.4, 0.5) is 0 Å². The lowest BCUT2D eigenvalue weighted by molar-refractivity contribution is -0.150. The highest BCUT2D eigenvalue weighted by Crippen LogP contribution is 2.39. The van der Waals surface area contributed by atoms with E-state index < -0.39 is 22.9 Å². The number of ether oxygens (including phenoxy) is 1. The number of thioether (sulfide) groups is 1. The number of carboxylic acid groups (broad SMARTS) is 1. The monoisotopic (exact) mass is 526 g/mol. The molecule has 1 aliphatic rings. The first-order chi connectivity index (χ1) is 17.8. The van der Waals surface area contributed by atoms with Crippen molar-refractivity contribution in [2.24, 2.45) is 0 Å². The fourth-order valence-electron chi connectivity index (χ4n) is 4.46. The van der Waals surface area contributed by atoms with E-state index in [0.29, 0.717) is 19.4 Å². The number of hydrogen-bond donors (Lipinski definition) is 3. The Hall–Kier alpha value is -2.84. The molecule has 2 aromatic carbocycles. The lowest BCUT2D eigenvalue weighted by Crippen LogP contribution is -2.47. The van der Waals surface area contributed by atoms with Crippen LogP contribution in [0.3, 0.4) is 0 Å². The zero-order chi connectivity index (χ0) is 26.7. The van der Waals surface area contributed by atoms with Crippen LogP contribution in [0.1, 0.15) is 76.0 Å². The number of nitrogens with one attached hydrogen (secondary N) is 2. The molecular formula is C29H38N2O5S. The zero-order valence-electron chi connectivity index (χ0n) is 21.7. The van der Waals surface area contributed by atoms with Crippen molar-refractivity contribution in [3.05, 3.63) is 71.8 Å². The van der Waals surface area contributed by atoms with Gasteiger partial charge < -0.3 is 15.2 Å². The summed E-state index contributed by atoms with van der Waals surface area (Å²) in [7, 11) is 0. The number of carbonyl (C=O) groups excluding carboxylic acids is 2. The second kappa shape index (κ2) is 14.2. The predicted molar refractivity (Wildman–Crippen MR) is 146 cm³/mol. The number of unbranched alkanes of at least 4 members (excludes halogenated alkanes) is 4. The fourth-order valence-corrected chi connectivity index (χ4v) is 5.87. The van der Waals surface area contributed by atoms with Gasteiger partial charge in [0.2, 0.25) is 5.91 Å². The quantitative estimate of drug-likeness (QED) is 0.233. The Kier molecular flexibility index (Phi) is 11.0. The summed E-state index contributed by atoms with van der Waals surface area (Å²) in [6.07, 6.45) is 4.34. The van der Waals surface area contributed by atoms with Crippen LogP contribution in [-0.4, -0.2) is 45.7 Å². The van der Waals surface area contributed by atoms with Gasteiger partial charge in [-0.1, -0.05) is 79.9 Å². The van der Waals surface area contributed by atoms with E-state index in [1.165, 1.54) is 0 Å². The Bertz CT molecular complexity index is 976.